The van der Waals surface area contributed by atoms with Gasteiger partial charge in [0.05, 0.1) is 13.2 Å². The van der Waals surface area contributed by atoms with Crippen molar-refractivity contribution in [3.63, 3.8) is 0 Å². The lowest BCUT2D eigenvalue weighted by atomic mass is 10.0. The van der Waals surface area contributed by atoms with Gasteiger partial charge in [-0.3, -0.25) is 4.90 Å². The van der Waals surface area contributed by atoms with Gasteiger partial charge in [0.25, 0.3) is 0 Å². The highest BCUT2D eigenvalue weighted by Gasteiger charge is 2.21. The van der Waals surface area contributed by atoms with Crippen molar-refractivity contribution in [3.8, 4) is 11.5 Å². The van der Waals surface area contributed by atoms with Gasteiger partial charge in [0.2, 0.25) is 0 Å². The van der Waals surface area contributed by atoms with Crippen LogP contribution >= 0.6 is 0 Å². The van der Waals surface area contributed by atoms with E-state index < -0.39 is 0 Å². The summed E-state index contributed by atoms with van der Waals surface area (Å²) in [6.07, 6.45) is 4.76. The van der Waals surface area contributed by atoms with Crippen molar-refractivity contribution in [2.24, 2.45) is 5.73 Å². The summed E-state index contributed by atoms with van der Waals surface area (Å²) >= 11 is 0. The Hall–Kier alpha value is -1.26. The Kier molecular flexibility index (Phi) is 4.43. The first-order valence-electron chi connectivity index (χ1n) is 7.69. The topological polar surface area (TPSA) is 47.7 Å². The molecular formula is C16H24N2O2. The molecule has 1 unspecified atom stereocenters. The van der Waals surface area contributed by atoms with E-state index in [0.717, 1.165) is 50.8 Å². The number of hydrogen-bond acceptors (Lipinski definition) is 4. The number of nitrogens with zero attached hydrogens (tertiary/aromatic N) is 1. The second kappa shape index (κ2) is 6.46. The molecule has 4 heteroatoms. The third-order valence-electron chi connectivity index (χ3n) is 4.22. The number of fused-ring (bicyclic) bond motifs is 1. The molecule has 0 radical (unpaired) electrons. The fourth-order valence-corrected chi connectivity index (χ4v) is 3.08. The lowest BCUT2D eigenvalue weighted by Gasteiger charge is -2.35. The second-order valence-electron chi connectivity index (χ2n) is 5.69. The van der Waals surface area contributed by atoms with Crippen molar-refractivity contribution in [1.82, 2.24) is 4.90 Å². The highest BCUT2D eigenvalue weighted by Crippen LogP contribution is 2.31. The van der Waals surface area contributed by atoms with Crippen molar-refractivity contribution in [1.29, 1.82) is 0 Å². The molecule has 20 heavy (non-hydrogen) atoms. The number of hydrogen-bond donors (Lipinski definition) is 1. The number of likely N-dealkylation sites (tertiary alicyclic amines) is 1. The Bertz CT molecular complexity index is 450. The minimum atomic E-state index is 0.528. The number of nitrogens with two attached hydrogens (primary N) is 1. The van der Waals surface area contributed by atoms with E-state index in [2.05, 4.69) is 17.0 Å². The van der Waals surface area contributed by atoms with Gasteiger partial charge in [-0.1, -0.05) is 12.5 Å². The number of piperidine rings is 1. The summed E-state index contributed by atoms with van der Waals surface area (Å²) in [5.74, 6) is 1.77. The smallest absolute Gasteiger partial charge is 0.161 e. The van der Waals surface area contributed by atoms with Crippen molar-refractivity contribution in [2.75, 3.05) is 26.3 Å². The van der Waals surface area contributed by atoms with E-state index in [1.54, 1.807) is 0 Å². The third kappa shape index (κ3) is 3.07. The normalized spacial score (nSPS) is 23.4. The average Bonchev–Trinajstić information content (AvgIpc) is 2.72. The van der Waals surface area contributed by atoms with Gasteiger partial charge in [-0.2, -0.15) is 0 Å². The quantitative estimate of drug-likeness (QED) is 0.919. The van der Waals surface area contributed by atoms with Crippen molar-refractivity contribution in [2.45, 2.75) is 38.3 Å². The summed E-state index contributed by atoms with van der Waals surface area (Å²) in [5, 5.41) is 0. The molecule has 2 heterocycles. The van der Waals surface area contributed by atoms with E-state index in [-0.39, 0.29) is 0 Å². The SMILES string of the molecule is NCC1CCCCN1Cc1ccc2c(c1)OCCCO2. The van der Waals surface area contributed by atoms with E-state index in [9.17, 15) is 0 Å². The van der Waals surface area contributed by atoms with Crippen LogP contribution in [0.15, 0.2) is 18.2 Å². The first-order valence-corrected chi connectivity index (χ1v) is 7.69. The Labute approximate surface area is 120 Å². The molecule has 1 aromatic rings. The number of ether oxygens (including phenoxy) is 2. The summed E-state index contributed by atoms with van der Waals surface area (Å²) in [6, 6.07) is 6.84. The van der Waals surface area contributed by atoms with Gasteiger partial charge in [-0.05, 0) is 37.1 Å². The maximum absolute atomic E-state index is 5.89. The zero-order chi connectivity index (χ0) is 13.8. The summed E-state index contributed by atoms with van der Waals surface area (Å²) in [7, 11) is 0. The Morgan fingerprint density at radius 1 is 1.10 bits per heavy atom. The standard InChI is InChI=1S/C16H24N2O2/c17-11-14-4-1-2-7-18(14)12-13-5-6-15-16(10-13)20-9-3-8-19-15/h5-6,10,14H,1-4,7-9,11-12,17H2. The summed E-state index contributed by atoms with van der Waals surface area (Å²) in [6.45, 7) is 4.35. The Morgan fingerprint density at radius 2 is 1.95 bits per heavy atom. The summed E-state index contributed by atoms with van der Waals surface area (Å²) in [5.41, 5.74) is 7.18. The van der Waals surface area contributed by atoms with Gasteiger partial charge in [-0.15, -0.1) is 0 Å². The fourth-order valence-electron chi connectivity index (χ4n) is 3.08. The minimum absolute atomic E-state index is 0.528. The predicted octanol–water partition coefficient (Wildman–Crippen LogP) is 2.16. The number of rotatable bonds is 3. The van der Waals surface area contributed by atoms with E-state index in [1.165, 1.54) is 24.8 Å². The molecular weight excluding hydrogens is 252 g/mol. The molecule has 2 N–H and O–H groups in total. The molecule has 4 nitrogen and oxygen atoms in total. The Balaban J connectivity index is 1.72. The van der Waals surface area contributed by atoms with Crippen molar-refractivity contribution >= 4 is 0 Å². The van der Waals surface area contributed by atoms with Gasteiger partial charge in [0.15, 0.2) is 11.5 Å². The lowest BCUT2D eigenvalue weighted by Crippen LogP contribution is -2.43. The van der Waals surface area contributed by atoms with Crippen molar-refractivity contribution < 1.29 is 9.47 Å². The van der Waals surface area contributed by atoms with Gasteiger partial charge in [0, 0.05) is 25.6 Å². The highest BCUT2D eigenvalue weighted by atomic mass is 16.5. The van der Waals surface area contributed by atoms with Crippen LogP contribution in [0, 0.1) is 0 Å². The van der Waals surface area contributed by atoms with Crippen LogP contribution in [0.5, 0.6) is 11.5 Å². The molecule has 0 saturated carbocycles. The number of benzene rings is 1. The van der Waals surface area contributed by atoms with Crippen LogP contribution in [0.1, 0.15) is 31.2 Å². The molecule has 1 fully saturated rings. The first kappa shape index (κ1) is 13.7. The van der Waals surface area contributed by atoms with Crippen LogP contribution in [0.25, 0.3) is 0 Å². The largest absolute Gasteiger partial charge is 0.490 e. The van der Waals surface area contributed by atoms with Gasteiger partial charge in [0.1, 0.15) is 0 Å². The van der Waals surface area contributed by atoms with Crippen LogP contribution in [0.3, 0.4) is 0 Å². The molecule has 0 aromatic heterocycles. The van der Waals surface area contributed by atoms with E-state index in [0.29, 0.717) is 6.04 Å². The summed E-state index contributed by atoms with van der Waals surface area (Å²) < 4.78 is 11.4. The third-order valence-corrected chi connectivity index (χ3v) is 4.22. The van der Waals surface area contributed by atoms with Crippen LogP contribution in [0.4, 0.5) is 0 Å². The molecule has 110 valence electrons. The molecule has 2 aliphatic heterocycles. The molecule has 1 atom stereocenters. The van der Waals surface area contributed by atoms with Crippen LogP contribution in [-0.4, -0.2) is 37.2 Å². The second-order valence-corrected chi connectivity index (χ2v) is 5.69. The molecule has 0 aliphatic carbocycles. The molecule has 3 rings (SSSR count). The van der Waals surface area contributed by atoms with E-state index in [1.807, 2.05) is 6.07 Å². The minimum Gasteiger partial charge on any atom is -0.490 e. The van der Waals surface area contributed by atoms with E-state index in [4.69, 9.17) is 15.2 Å². The molecule has 0 bridgehead atoms. The maximum atomic E-state index is 5.89. The lowest BCUT2D eigenvalue weighted by molar-refractivity contribution is 0.144. The van der Waals surface area contributed by atoms with Gasteiger partial charge >= 0.3 is 0 Å². The van der Waals surface area contributed by atoms with Gasteiger partial charge in [-0.25, -0.2) is 0 Å². The predicted molar refractivity (Wildman–Crippen MR) is 79.2 cm³/mol. The molecule has 1 aromatic carbocycles. The highest BCUT2D eigenvalue weighted by molar-refractivity contribution is 5.43. The van der Waals surface area contributed by atoms with Crippen LogP contribution in [-0.2, 0) is 6.54 Å². The fraction of sp³-hybridized carbons (Fsp3) is 0.625. The molecule has 0 spiro atoms. The van der Waals surface area contributed by atoms with E-state index >= 15 is 0 Å². The zero-order valence-electron chi connectivity index (χ0n) is 12.0. The molecule has 2 aliphatic rings. The monoisotopic (exact) mass is 276 g/mol. The Morgan fingerprint density at radius 3 is 2.80 bits per heavy atom. The maximum Gasteiger partial charge on any atom is 0.161 e. The van der Waals surface area contributed by atoms with Crippen molar-refractivity contribution in [3.05, 3.63) is 23.8 Å². The summed E-state index contributed by atoms with van der Waals surface area (Å²) in [4.78, 5) is 2.50. The van der Waals surface area contributed by atoms with Gasteiger partial charge < -0.3 is 15.2 Å². The van der Waals surface area contributed by atoms with Crippen LogP contribution in [0.2, 0.25) is 0 Å². The molecule has 0 amide bonds. The van der Waals surface area contributed by atoms with Crippen LogP contribution < -0.4 is 15.2 Å². The molecule has 1 saturated heterocycles. The zero-order valence-corrected chi connectivity index (χ0v) is 12.0. The first-order chi connectivity index (χ1) is 9.86. The average molecular weight is 276 g/mol.